The van der Waals surface area contributed by atoms with Crippen LogP contribution in [-0.2, 0) is 20.8 Å². The number of nitrogens with one attached hydrogen (secondary N) is 4. The van der Waals surface area contributed by atoms with Crippen molar-refractivity contribution in [1.29, 1.82) is 0 Å². The number of anilines is 1. The van der Waals surface area contributed by atoms with Crippen LogP contribution in [0.3, 0.4) is 0 Å². The lowest BCUT2D eigenvalue weighted by Crippen LogP contribution is -2.60. The average Bonchev–Trinajstić information content (AvgIpc) is 3.03. The molecule has 16 nitrogen and oxygen atoms in total. The highest BCUT2D eigenvalue weighted by Crippen LogP contribution is 2.22. The van der Waals surface area contributed by atoms with E-state index in [1.165, 1.54) is 9.47 Å². The third-order valence-corrected chi connectivity index (χ3v) is 8.45. The van der Waals surface area contributed by atoms with E-state index in [1.54, 1.807) is 58.9 Å². The van der Waals surface area contributed by atoms with Crippen molar-refractivity contribution >= 4 is 29.9 Å². The van der Waals surface area contributed by atoms with Gasteiger partial charge in [0.1, 0.15) is 17.0 Å². The summed E-state index contributed by atoms with van der Waals surface area (Å²) >= 11 is 0. The predicted octanol–water partition coefficient (Wildman–Crippen LogP) is 2.51. The van der Waals surface area contributed by atoms with Crippen LogP contribution in [0.2, 0.25) is 0 Å². The van der Waals surface area contributed by atoms with Crippen LogP contribution in [0, 0.1) is 0 Å². The Bertz CT molecular complexity index is 1550. The first-order valence-corrected chi connectivity index (χ1v) is 16.4. The van der Waals surface area contributed by atoms with Crippen molar-refractivity contribution in [3.05, 3.63) is 52.6 Å². The Hall–Kier alpha value is -4.70. The molecule has 1 aliphatic heterocycles. The molecule has 2 fully saturated rings. The van der Waals surface area contributed by atoms with Crippen LogP contribution in [-0.4, -0.2) is 111 Å². The molecular weight excluding hydrogens is 636 g/mol. The van der Waals surface area contributed by atoms with E-state index in [0.717, 1.165) is 12.0 Å². The maximum atomic E-state index is 13.1. The zero-order valence-corrected chi connectivity index (χ0v) is 28.9. The monoisotopic (exact) mass is 684 g/mol. The number of alkyl carbamates (subject to hydrolysis) is 1. The van der Waals surface area contributed by atoms with E-state index >= 15 is 0 Å². The van der Waals surface area contributed by atoms with Gasteiger partial charge in [0.05, 0.1) is 17.8 Å². The van der Waals surface area contributed by atoms with Crippen LogP contribution in [0.5, 0.6) is 0 Å². The van der Waals surface area contributed by atoms with Crippen molar-refractivity contribution in [2.75, 3.05) is 38.6 Å². The molecule has 1 saturated heterocycles. The van der Waals surface area contributed by atoms with Gasteiger partial charge in [-0.25, -0.2) is 19.2 Å². The topological polar surface area (TPSA) is 196 Å². The van der Waals surface area contributed by atoms with Crippen LogP contribution in [0.15, 0.2) is 41.3 Å². The van der Waals surface area contributed by atoms with Gasteiger partial charge in [-0.2, -0.15) is 4.98 Å². The Morgan fingerprint density at radius 1 is 0.959 bits per heavy atom. The Kier molecular flexibility index (Phi) is 11.9. The quantitative estimate of drug-likeness (QED) is 0.262. The van der Waals surface area contributed by atoms with E-state index in [9.17, 15) is 24.0 Å². The smallest absolute Gasteiger partial charge is 0.408 e. The minimum atomic E-state index is -1.20. The summed E-state index contributed by atoms with van der Waals surface area (Å²) in [6, 6.07) is 8.50. The van der Waals surface area contributed by atoms with Crippen molar-refractivity contribution in [3.8, 4) is 5.69 Å². The number of benzene rings is 1. The van der Waals surface area contributed by atoms with E-state index in [-0.39, 0.29) is 56.1 Å². The Morgan fingerprint density at radius 3 is 2.20 bits per heavy atom. The highest BCUT2D eigenvalue weighted by Gasteiger charge is 2.37. The van der Waals surface area contributed by atoms with Gasteiger partial charge >= 0.3 is 23.9 Å². The normalized spacial score (nSPS) is 19.9. The number of carbonyl (C=O) groups is 4. The number of rotatable bonds is 9. The number of amides is 5. The lowest BCUT2D eigenvalue weighted by Gasteiger charge is -2.38. The maximum absolute atomic E-state index is 13.1. The number of aromatic nitrogens is 2. The van der Waals surface area contributed by atoms with Crippen LogP contribution < -0.4 is 27.0 Å². The van der Waals surface area contributed by atoms with E-state index in [4.69, 9.17) is 14.6 Å². The first-order valence-electron chi connectivity index (χ1n) is 16.4. The molecule has 0 spiro atoms. The molecule has 268 valence electrons. The number of methoxy groups -OCH3 is 1. The Balaban J connectivity index is 1.25. The standard InChI is InChI=1S/C33H48N8O8/c1-32(2,3)49-31(47)38-33(4,5)27(42)39-15-17-40(18-16-39)28(43)36-26-13-14-41(29(44)37-26)23-10-7-21(8-11-23)20-34-22-9-12-24(35-30(45)46)25(19-22)48-6/h7-8,10-11,13-14,22,24-25,34-35H,9,12,15-20H2,1-6H3,(H,38,47)(H,45,46)(H,36,37,43,44). The fourth-order valence-corrected chi connectivity index (χ4v) is 5.91. The second-order valence-electron chi connectivity index (χ2n) is 13.8. The van der Waals surface area contributed by atoms with Gasteiger partial charge in [0.2, 0.25) is 5.91 Å². The van der Waals surface area contributed by atoms with Gasteiger partial charge in [-0.3, -0.25) is 14.7 Å². The fraction of sp³-hybridized carbons (Fsp3) is 0.576. The molecule has 1 aliphatic carbocycles. The molecule has 0 bridgehead atoms. The highest BCUT2D eigenvalue weighted by molar-refractivity contribution is 5.90. The summed E-state index contributed by atoms with van der Waals surface area (Å²) in [5.41, 5.74) is -0.831. The number of piperazine rings is 1. The first-order chi connectivity index (χ1) is 23.0. The highest BCUT2D eigenvalue weighted by atomic mass is 16.6. The van der Waals surface area contributed by atoms with Gasteiger partial charge in [0, 0.05) is 52.1 Å². The molecule has 3 unspecified atom stereocenters. The third-order valence-electron chi connectivity index (χ3n) is 8.45. The number of carboxylic acid groups (broad SMARTS) is 1. The van der Waals surface area contributed by atoms with Gasteiger partial charge in [-0.05, 0) is 77.6 Å². The first kappa shape index (κ1) is 37.1. The summed E-state index contributed by atoms with van der Waals surface area (Å²) in [5.74, 6) is -0.182. The molecule has 0 radical (unpaired) electrons. The molecule has 1 aromatic heterocycles. The van der Waals surface area contributed by atoms with Gasteiger partial charge < -0.3 is 40.3 Å². The van der Waals surface area contributed by atoms with Gasteiger partial charge in [-0.15, -0.1) is 0 Å². The molecule has 1 aromatic carbocycles. The lowest BCUT2D eigenvalue weighted by atomic mass is 9.88. The van der Waals surface area contributed by atoms with Crippen molar-refractivity contribution in [2.45, 2.75) is 89.8 Å². The summed E-state index contributed by atoms with van der Waals surface area (Å²) < 4.78 is 12.2. The van der Waals surface area contributed by atoms with Crippen molar-refractivity contribution in [3.63, 3.8) is 0 Å². The van der Waals surface area contributed by atoms with E-state index < -0.39 is 35.0 Å². The molecule has 1 saturated carbocycles. The Morgan fingerprint density at radius 2 is 1.61 bits per heavy atom. The second kappa shape index (κ2) is 15.7. The molecule has 3 atom stereocenters. The SMILES string of the molecule is COC1CC(NCc2ccc(-n3ccc(NC(=O)N4CCN(C(=O)C(C)(C)NC(=O)OC(C)(C)C)CC4)nc3=O)cc2)CCC1NC(=O)O. The molecule has 5 amide bonds. The third kappa shape index (κ3) is 10.4. The van der Waals surface area contributed by atoms with Crippen LogP contribution in [0.25, 0.3) is 5.69 Å². The van der Waals surface area contributed by atoms with Gasteiger partial charge in [0.25, 0.3) is 0 Å². The van der Waals surface area contributed by atoms with Crippen LogP contribution in [0.1, 0.15) is 59.4 Å². The minimum Gasteiger partial charge on any atom is -0.465 e. The number of nitrogens with zero attached hydrogens (tertiary/aromatic N) is 4. The van der Waals surface area contributed by atoms with Crippen molar-refractivity contribution in [2.24, 2.45) is 0 Å². The molecule has 2 aliphatic rings. The van der Waals surface area contributed by atoms with Crippen molar-refractivity contribution in [1.82, 2.24) is 35.3 Å². The molecule has 16 heteroatoms. The lowest BCUT2D eigenvalue weighted by molar-refractivity contribution is -0.138. The fourth-order valence-electron chi connectivity index (χ4n) is 5.91. The average molecular weight is 685 g/mol. The number of urea groups is 1. The maximum Gasteiger partial charge on any atom is 0.408 e. The van der Waals surface area contributed by atoms with E-state index in [1.807, 2.05) is 24.3 Å². The summed E-state index contributed by atoms with van der Waals surface area (Å²) in [6.45, 7) is 10.1. The molecule has 49 heavy (non-hydrogen) atoms. The van der Waals surface area contributed by atoms with Crippen molar-refractivity contribution < 1.29 is 33.8 Å². The Labute approximate surface area is 285 Å². The zero-order valence-electron chi connectivity index (χ0n) is 28.9. The molecule has 2 heterocycles. The number of ether oxygens (including phenoxy) is 2. The predicted molar refractivity (Wildman–Crippen MR) is 181 cm³/mol. The van der Waals surface area contributed by atoms with Gasteiger partial charge in [-0.1, -0.05) is 12.1 Å². The number of carbonyl (C=O) groups excluding carboxylic acids is 3. The summed E-state index contributed by atoms with van der Waals surface area (Å²) in [5, 5.41) is 20.4. The molecular formula is C33H48N8O8. The minimum absolute atomic E-state index is 0.107. The summed E-state index contributed by atoms with van der Waals surface area (Å²) in [6.07, 6.45) is 1.79. The van der Waals surface area contributed by atoms with Crippen LogP contribution in [0.4, 0.5) is 20.2 Å². The van der Waals surface area contributed by atoms with Crippen LogP contribution >= 0.6 is 0 Å². The zero-order chi connectivity index (χ0) is 35.9. The molecule has 4 rings (SSSR count). The van der Waals surface area contributed by atoms with Gasteiger partial charge in [0.15, 0.2) is 0 Å². The molecule has 2 aromatic rings. The molecule has 5 N–H and O–H groups in total. The largest absolute Gasteiger partial charge is 0.465 e. The second-order valence-corrected chi connectivity index (χ2v) is 13.8. The number of hydrogen-bond acceptors (Lipinski definition) is 9. The summed E-state index contributed by atoms with van der Waals surface area (Å²) in [4.78, 5) is 69.3. The number of hydrogen-bond donors (Lipinski definition) is 5. The summed E-state index contributed by atoms with van der Waals surface area (Å²) in [7, 11) is 1.59. The van der Waals surface area contributed by atoms with E-state index in [0.29, 0.717) is 25.1 Å². The van der Waals surface area contributed by atoms with E-state index in [2.05, 4.69) is 26.3 Å².